The van der Waals surface area contributed by atoms with Crippen LogP contribution < -0.4 is 10.6 Å². The highest BCUT2D eigenvalue weighted by Gasteiger charge is 2.20. The van der Waals surface area contributed by atoms with Crippen molar-refractivity contribution in [2.75, 3.05) is 26.2 Å². The quantitative estimate of drug-likeness (QED) is 0.138. The Hall–Kier alpha value is -6.60. The third kappa shape index (κ3) is 8.13. The van der Waals surface area contributed by atoms with Crippen molar-refractivity contribution in [3.05, 3.63) is 121 Å². The summed E-state index contributed by atoms with van der Waals surface area (Å²) in [6.45, 7) is 9.23. The molecule has 0 unspecified atom stereocenters. The molecule has 10 aromatic rings. The highest BCUT2D eigenvalue weighted by Crippen LogP contribution is 2.32. The number of pyridine rings is 2. The molecule has 0 aliphatic carbocycles. The van der Waals surface area contributed by atoms with Crippen LogP contribution in [0.15, 0.2) is 130 Å². The number of nitrogens with one attached hydrogen (secondary N) is 2. The standard InChI is InChI=1S/C23H22N8S.C22H20N8S/c1-2-19-3-6-22-27-28-23(31(22)29-19)32-20-4-5-21-16(8-20)7-17(11-25-21)18-12-26-30(14-18)13-15-9-24-10-15;1-2-17-3-6-21-26-27-22(30(21)28-17)31-19-4-5-20-14(8-19)7-15(9-24-20)16-10-25-29(13-16)18-11-23-12-18/h3-8,11-12,14-15,24H,2,9-10,13H2,1H3;3-10,13,18,23H,2,11-12H2,1H3. The molecule has 0 amide bonds. The summed E-state index contributed by atoms with van der Waals surface area (Å²) in [5.41, 5.74) is 9.76. The lowest BCUT2D eigenvalue weighted by Crippen LogP contribution is -2.44. The minimum atomic E-state index is 0.449. The zero-order chi connectivity index (χ0) is 42.3. The summed E-state index contributed by atoms with van der Waals surface area (Å²) in [7, 11) is 0. The lowest BCUT2D eigenvalue weighted by atomic mass is 10.0. The number of fused-ring (bicyclic) bond motifs is 4. The number of hydrogen-bond donors (Lipinski definition) is 2. The number of benzene rings is 2. The van der Waals surface area contributed by atoms with Crippen LogP contribution in [0.4, 0.5) is 0 Å². The summed E-state index contributed by atoms with van der Waals surface area (Å²) < 4.78 is 7.70. The van der Waals surface area contributed by atoms with Crippen molar-refractivity contribution in [1.82, 2.24) is 79.8 Å². The molecule has 2 aromatic carbocycles. The van der Waals surface area contributed by atoms with E-state index in [1.807, 2.05) is 79.6 Å². The third-order valence-corrected chi connectivity index (χ3v) is 13.2. The van der Waals surface area contributed by atoms with Crippen molar-refractivity contribution >= 4 is 56.6 Å². The fraction of sp³-hybridized carbons (Fsp3) is 0.244. The van der Waals surface area contributed by atoms with Crippen LogP contribution >= 0.6 is 23.5 Å². The molecule has 0 radical (unpaired) electrons. The molecule has 0 spiro atoms. The molecule has 18 heteroatoms. The molecule has 2 fully saturated rings. The fourth-order valence-electron chi connectivity index (χ4n) is 7.49. The Bertz CT molecular complexity index is 3250. The first kappa shape index (κ1) is 39.3. The van der Waals surface area contributed by atoms with E-state index in [1.54, 1.807) is 23.5 Å². The van der Waals surface area contributed by atoms with Gasteiger partial charge < -0.3 is 10.6 Å². The van der Waals surface area contributed by atoms with Gasteiger partial charge in [-0.05, 0) is 109 Å². The zero-order valence-electron chi connectivity index (χ0n) is 34.6. The number of hydrogen-bond acceptors (Lipinski definition) is 14. The average Bonchev–Trinajstić information content (AvgIpc) is 4.12. The first-order chi connectivity index (χ1) is 31.0. The van der Waals surface area contributed by atoms with Crippen LogP contribution in [0.2, 0.25) is 0 Å². The predicted octanol–water partition coefficient (Wildman–Crippen LogP) is 6.86. The zero-order valence-corrected chi connectivity index (χ0v) is 36.2. The summed E-state index contributed by atoms with van der Waals surface area (Å²) in [4.78, 5) is 11.5. The van der Waals surface area contributed by atoms with E-state index in [9.17, 15) is 0 Å². The highest BCUT2D eigenvalue weighted by molar-refractivity contribution is 7.99. The summed E-state index contributed by atoms with van der Waals surface area (Å²) >= 11 is 3.11. The van der Waals surface area contributed by atoms with Crippen LogP contribution in [0.3, 0.4) is 0 Å². The molecule has 8 aromatic heterocycles. The molecule has 0 atom stereocenters. The van der Waals surface area contributed by atoms with Gasteiger partial charge in [0.25, 0.3) is 0 Å². The van der Waals surface area contributed by atoms with Crippen molar-refractivity contribution in [3.8, 4) is 22.3 Å². The predicted molar refractivity (Wildman–Crippen MR) is 243 cm³/mol. The van der Waals surface area contributed by atoms with Gasteiger partial charge in [-0.15, -0.1) is 20.4 Å². The number of rotatable bonds is 11. The minimum absolute atomic E-state index is 0.449. The van der Waals surface area contributed by atoms with Crippen molar-refractivity contribution in [2.45, 2.75) is 59.4 Å². The molecule has 63 heavy (non-hydrogen) atoms. The SMILES string of the molecule is CCc1ccc2nnc(Sc3ccc4ncc(-c5cnn(C6CNC6)c5)cc4c3)n2n1.CCc1ccc2nnc(Sc3ccc4ncc(-c5cnn(CC6CNC6)c5)cc4c3)n2n1. The van der Waals surface area contributed by atoms with Crippen LogP contribution in [-0.2, 0) is 19.4 Å². The molecule has 0 bridgehead atoms. The topological polar surface area (TPSA) is 172 Å². The van der Waals surface area contributed by atoms with Gasteiger partial charge in [-0.25, -0.2) is 0 Å². The maximum absolute atomic E-state index is 4.66. The summed E-state index contributed by atoms with van der Waals surface area (Å²) in [5.74, 6) is 0.674. The van der Waals surface area contributed by atoms with Gasteiger partial charge in [0.05, 0.1) is 40.9 Å². The number of aryl methyl sites for hydroxylation is 2. The van der Waals surface area contributed by atoms with Crippen molar-refractivity contribution < 1.29 is 0 Å². The second-order valence-corrected chi connectivity index (χ2v) is 17.8. The molecule has 10 heterocycles. The monoisotopic (exact) mass is 870 g/mol. The van der Waals surface area contributed by atoms with E-state index >= 15 is 0 Å². The van der Waals surface area contributed by atoms with E-state index in [0.29, 0.717) is 12.0 Å². The van der Waals surface area contributed by atoms with Crippen LogP contribution in [-0.4, -0.2) is 95.3 Å². The second-order valence-electron chi connectivity index (χ2n) is 15.7. The molecular formula is C45H42N16S2. The van der Waals surface area contributed by atoms with Crippen molar-refractivity contribution in [3.63, 3.8) is 0 Å². The van der Waals surface area contributed by atoms with Gasteiger partial charge in [0.2, 0.25) is 10.3 Å². The maximum Gasteiger partial charge on any atom is 0.217 e. The highest BCUT2D eigenvalue weighted by atomic mass is 32.2. The largest absolute Gasteiger partial charge is 0.316 e. The van der Waals surface area contributed by atoms with Crippen LogP contribution in [0.25, 0.3) is 55.4 Å². The molecular weight excluding hydrogens is 829 g/mol. The van der Waals surface area contributed by atoms with Crippen LogP contribution in [0.1, 0.15) is 31.3 Å². The molecule has 2 aliphatic rings. The van der Waals surface area contributed by atoms with Gasteiger partial charge in [-0.3, -0.25) is 19.3 Å². The van der Waals surface area contributed by atoms with Crippen LogP contribution in [0, 0.1) is 5.92 Å². The van der Waals surface area contributed by atoms with Gasteiger partial charge >= 0.3 is 0 Å². The fourth-order valence-corrected chi connectivity index (χ4v) is 9.16. The Morgan fingerprint density at radius 1 is 0.571 bits per heavy atom. The van der Waals surface area contributed by atoms with E-state index in [0.717, 1.165) is 132 Å². The first-order valence-corrected chi connectivity index (χ1v) is 22.7. The Morgan fingerprint density at radius 3 is 1.65 bits per heavy atom. The van der Waals surface area contributed by atoms with Gasteiger partial charge in [0, 0.05) is 106 Å². The van der Waals surface area contributed by atoms with E-state index in [2.05, 4.69) is 124 Å². The Labute approximate surface area is 370 Å². The molecule has 16 nitrogen and oxygen atoms in total. The van der Waals surface area contributed by atoms with Gasteiger partial charge in [0.15, 0.2) is 11.3 Å². The first-order valence-electron chi connectivity index (χ1n) is 21.1. The third-order valence-electron chi connectivity index (χ3n) is 11.4. The van der Waals surface area contributed by atoms with E-state index in [1.165, 1.54) is 0 Å². The maximum atomic E-state index is 4.66. The normalized spacial score (nSPS) is 14.3. The minimum Gasteiger partial charge on any atom is -0.316 e. The molecule has 0 saturated carbocycles. The lowest BCUT2D eigenvalue weighted by molar-refractivity contribution is 0.295. The lowest BCUT2D eigenvalue weighted by Gasteiger charge is -2.27. The Morgan fingerprint density at radius 2 is 1.13 bits per heavy atom. The number of nitrogens with zero attached hydrogens (tertiary/aromatic N) is 14. The molecule has 12 rings (SSSR count). The second kappa shape index (κ2) is 16.9. The Kier molecular flexibility index (Phi) is 10.6. The average molecular weight is 871 g/mol. The number of aromatic nitrogens is 14. The molecule has 2 saturated heterocycles. The van der Waals surface area contributed by atoms with E-state index in [4.69, 9.17) is 0 Å². The van der Waals surface area contributed by atoms with Gasteiger partial charge in [0.1, 0.15) is 0 Å². The summed E-state index contributed by atoms with van der Waals surface area (Å²) in [6.07, 6.45) is 13.6. The van der Waals surface area contributed by atoms with Crippen molar-refractivity contribution in [2.24, 2.45) is 5.92 Å². The molecule has 314 valence electrons. The molecule has 2 aliphatic heterocycles. The summed E-state index contributed by atoms with van der Waals surface area (Å²) in [5, 5.41) is 45.7. The molecule has 2 N–H and O–H groups in total. The van der Waals surface area contributed by atoms with E-state index in [-0.39, 0.29) is 0 Å². The van der Waals surface area contributed by atoms with Crippen molar-refractivity contribution in [1.29, 1.82) is 0 Å². The van der Waals surface area contributed by atoms with E-state index < -0.39 is 0 Å². The summed E-state index contributed by atoms with van der Waals surface area (Å²) in [6, 6.07) is 25.2. The smallest absolute Gasteiger partial charge is 0.217 e. The van der Waals surface area contributed by atoms with Gasteiger partial charge in [-0.2, -0.15) is 29.4 Å². The van der Waals surface area contributed by atoms with Crippen LogP contribution in [0.5, 0.6) is 0 Å². The van der Waals surface area contributed by atoms with Gasteiger partial charge in [-0.1, -0.05) is 13.8 Å². The Balaban J connectivity index is 0.000000141.